The Morgan fingerprint density at radius 1 is 1.25 bits per heavy atom. The van der Waals surface area contributed by atoms with Crippen LogP contribution in [0.1, 0.15) is 18.1 Å². The molecule has 1 nitrogen and oxygen atoms in total. The first-order valence-corrected chi connectivity index (χ1v) is 5.62. The van der Waals surface area contributed by atoms with E-state index in [0.29, 0.717) is 0 Å². The molecule has 1 aromatic heterocycles. The fourth-order valence-electron chi connectivity index (χ4n) is 1.91. The third kappa shape index (κ3) is 1.94. The zero-order chi connectivity index (χ0) is 11.4. The van der Waals surface area contributed by atoms with Gasteiger partial charge in [-0.15, -0.1) is 6.58 Å². The number of furan rings is 1. The molecule has 0 aliphatic heterocycles. The summed E-state index contributed by atoms with van der Waals surface area (Å²) in [6.45, 7) is 5.95. The van der Waals surface area contributed by atoms with E-state index >= 15 is 0 Å². The van der Waals surface area contributed by atoms with Gasteiger partial charge >= 0.3 is 0 Å². The highest BCUT2D eigenvalue weighted by molar-refractivity contribution is 5.63. The lowest BCUT2D eigenvalue weighted by molar-refractivity contribution is 0.577. The monoisotopic (exact) mass is 212 g/mol. The topological polar surface area (TPSA) is 13.1 Å². The SMILES string of the molecule is C=CCc1c(CC)coc1-c1ccccc1. The summed E-state index contributed by atoms with van der Waals surface area (Å²) in [7, 11) is 0. The highest BCUT2D eigenvalue weighted by atomic mass is 16.3. The van der Waals surface area contributed by atoms with Crippen LogP contribution < -0.4 is 0 Å². The molecular formula is C15H16O. The summed E-state index contributed by atoms with van der Waals surface area (Å²) < 4.78 is 5.68. The molecule has 0 saturated carbocycles. The molecule has 1 heterocycles. The van der Waals surface area contributed by atoms with Gasteiger partial charge in [0.25, 0.3) is 0 Å². The van der Waals surface area contributed by atoms with Gasteiger partial charge in [0.05, 0.1) is 6.26 Å². The Morgan fingerprint density at radius 2 is 2.00 bits per heavy atom. The number of hydrogen-bond donors (Lipinski definition) is 0. The Kier molecular flexibility index (Phi) is 3.25. The van der Waals surface area contributed by atoms with Crippen LogP contribution in [-0.4, -0.2) is 0 Å². The summed E-state index contributed by atoms with van der Waals surface area (Å²) in [4.78, 5) is 0. The van der Waals surface area contributed by atoms with E-state index in [1.807, 2.05) is 30.5 Å². The summed E-state index contributed by atoms with van der Waals surface area (Å²) in [6, 6.07) is 10.2. The average Bonchev–Trinajstić information content (AvgIpc) is 2.74. The Hall–Kier alpha value is -1.76. The summed E-state index contributed by atoms with van der Waals surface area (Å²) in [5, 5.41) is 0. The van der Waals surface area contributed by atoms with E-state index in [4.69, 9.17) is 4.42 Å². The van der Waals surface area contributed by atoms with Crippen LogP contribution in [0.2, 0.25) is 0 Å². The van der Waals surface area contributed by atoms with Gasteiger partial charge < -0.3 is 4.42 Å². The first-order valence-electron chi connectivity index (χ1n) is 5.62. The van der Waals surface area contributed by atoms with Gasteiger partial charge in [0.15, 0.2) is 0 Å². The van der Waals surface area contributed by atoms with Crippen molar-refractivity contribution in [3.63, 3.8) is 0 Å². The van der Waals surface area contributed by atoms with E-state index < -0.39 is 0 Å². The largest absolute Gasteiger partial charge is 0.464 e. The number of aryl methyl sites for hydroxylation is 1. The van der Waals surface area contributed by atoms with E-state index in [1.54, 1.807) is 0 Å². The fraction of sp³-hybridized carbons (Fsp3) is 0.200. The summed E-state index contributed by atoms with van der Waals surface area (Å²) in [6.07, 6.45) is 5.65. The maximum absolute atomic E-state index is 5.68. The molecule has 0 fully saturated rings. The third-order valence-corrected chi connectivity index (χ3v) is 2.75. The molecule has 1 heteroatoms. The van der Waals surface area contributed by atoms with Crippen LogP contribution in [0.5, 0.6) is 0 Å². The molecule has 2 aromatic rings. The Labute approximate surface area is 96.4 Å². The molecule has 0 spiro atoms. The maximum Gasteiger partial charge on any atom is 0.137 e. The van der Waals surface area contributed by atoms with Crippen LogP contribution in [0, 0.1) is 0 Å². The minimum Gasteiger partial charge on any atom is -0.464 e. The number of allylic oxidation sites excluding steroid dienone is 1. The van der Waals surface area contributed by atoms with Gasteiger partial charge in [-0.25, -0.2) is 0 Å². The van der Waals surface area contributed by atoms with Crippen LogP contribution in [0.25, 0.3) is 11.3 Å². The first kappa shape index (κ1) is 10.7. The average molecular weight is 212 g/mol. The van der Waals surface area contributed by atoms with E-state index in [0.717, 1.165) is 24.2 Å². The number of rotatable bonds is 4. The van der Waals surface area contributed by atoms with Crippen molar-refractivity contribution in [2.45, 2.75) is 19.8 Å². The smallest absolute Gasteiger partial charge is 0.137 e. The van der Waals surface area contributed by atoms with Crippen molar-refractivity contribution in [2.75, 3.05) is 0 Å². The van der Waals surface area contributed by atoms with Crippen LogP contribution >= 0.6 is 0 Å². The molecule has 0 aliphatic carbocycles. The van der Waals surface area contributed by atoms with Crippen LogP contribution in [0.15, 0.2) is 53.7 Å². The molecule has 82 valence electrons. The normalized spacial score (nSPS) is 10.3. The van der Waals surface area contributed by atoms with Crippen molar-refractivity contribution in [3.05, 3.63) is 60.4 Å². The van der Waals surface area contributed by atoms with Gasteiger partial charge in [0.2, 0.25) is 0 Å². The van der Waals surface area contributed by atoms with E-state index in [9.17, 15) is 0 Å². The lowest BCUT2D eigenvalue weighted by atomic mass is 10.0. The lowest BCUT2D eigenvalue weighted by Gasteiger charge is -2.02. The quantitative estimate of drug-likeness (QED) is 0.691. The molecule has 0 bridgehead atoms. The molecular weight excluding hydrogens is 196 g/mol. The van der Waals surface area contributed by atoms with Gasteiger partial charge in [0.1, 0.15) is 5.76 Å². The standard InChI is InChI=1S/C15H16O/c1-3-8-14-12(4-2)11-16-15(14)13-9-6-5-7-10-13/h3,5-7,9-11H,1,4,8H2,2H3. The molecule has 0 N–H and O–H groups in total. The first-order chi connectivity index (χ1) is 7.86. The summed E-state index contributed by atoms with van der Waals surface area (Å²) >= 11 is 0. The summed E-state index contributed by atoms with van der Waals surface area (Å²) in [5.41, 5.74) is 3.68. The minimum absolute atomic E-state index is 0.865. The fourth-order valence-corrected chi connectivity index (χ4v) is 1.91. The highest BCUT2D eigenvalue weighted by Gasteiger charge is 2.12. The molecule has 2 rings (SSSR count). The Balaban J connectivity index is 2.48. The van der Waals surface area contributed by atoms with Crippen molar-refractivity contribution < 1.29 is 4.42 Å². The van der Waals surface area contributed by atoms with Gasteiger partial charge in [0, 0.05) is 11.1 Å². The lowest BCUT2D eigenvalue weighted by Crippen LogP contribution is -1.88. The van der Waals surface area contributed by atoms with Crippen LogP contribution in [0.4, 0.5) is 0 Å². The predicted molar refractivity (Wildman–Crippen MR) is 67.4 cm³/mol. The molecule has 0 atom stereocenters. The van der Waals surface area contributed by atoms with Crippen LogP contribution in [0.3, 0.4) is 0 Å². The van der Waals surface area contributed by atoms with Crippen molar-refractivity contribution in [3.8, 4) is 11.3 Å². The van der Waals surface area contributed by atoms with E-state index in [2.05, 4.69) is 25.6 Å². The van der Waals surface area contributed by atoms with Crippen molar-refractivity contribution in [2.24, 2.45) is 0 Å². The second-order valence-corrected chi connectivity index (χ2v) is 3.78. The van der Waals surface area contributed by atoms with Crippen LogP contribution in [-0.2, 0) is 12.8 Å². The minimum atomic E-state index is 0.865. The number of benzene rings is 1. The Bertz CT molecular complexity index is 465. The van der Waals surface area contributed by atoms with Gasteiger partial charge in [-0.2, -0.15) is 0 Å². The van der Waals surface area contributed by atoms with E-state index in [1.165, 1.54) is 11.1 Å². The molecule has 16 heavy (non-hydrogen) atoms. The second-order valence-electron chi connectivity index (χ2n) is 3.78. The highest BCUT2D eigenvalue weighted by Crippen LogP contribution is 2.29. The van der Waals surface area contributed by atoms with Crippen molar-refractivity contribution in [1.82, 2.24) is 0 Å². The molecule has 0 amide bonds. The van der Waals surface area contributed by atoms with Gasteiger partial charge in [-0.05, 0) is 18.4 Å². The number of hydrogen-bond acceptors (Lipinski definition) is 1. The van der Waals surface area contributed by atoms with Crippen molar-refractivity contribution >= 4 is 0 Å². The maximum atomic E-state index is 5.68. The molecule has 1 aromatic carbocycles. The second kappa shape index (κ2) is 4.84. The Morgan fingerprint density at radius 3 is 2.62 bits per heavy atom. The van der Waals surface area contributed by atoms with Gasteiger partial charge in [-0.3, -0.25) is 0 Å². The molecule has 0 saturated heterocycles. The predicted octanol–water partition coefficient (Wildman–Crippen LogP) is 4.24. The molecule has 0 aliphatic rings. The molecule has 0 radical (unpaired) electrons. The van der Waals surface area contributed by atoms with Crippen molar-refractivity contribution in [1.29, 1.82) is 0 Å². The summed E-state index contributed by atoms with van der Waals surface area (Å²) in [5.74, 6) is 0.984. The van der Waals surface area contributed by atoms with Gasteiger partial charge in [-0.1, -0.05) is 43.3 Å². The zero-order valence-corrected chi connectivity index (χ0v) is 9.57. The van der Waals surface area contributed by atoms with E-state index in [-0.39, 0.29) is 0 Å². The zero-order valence-electron chi connectivity index (χ0n) is 9.57. The third-order valence-electron chi connectivity index (χ3n) is 2.75. The molecule has 0 unspecified atom stereocenters.